The van der Waals surface area contributed by atoms with Crippen LogP contribution in [0.25, 0.3) is 10.9 Å². The molecule has 1 heterocycles. The van der Waals surface area contributed by atoms with Crippen LogP contribution < -0.4 is 0 Å². The van der Waals surface area contributed by atoms with Crippen molar-refractivity contribution in [2.75, 3.05) is 0 Å². The fraction of sp³-hybridized carbons (Fsp3) is 0.200. The zero-order chi connectivity index (χ0) is 10.5. The smallest absolute Gasteiger partial charge is 0.183 e. The maximum atomic E-state index is 13.4. The highest BCUT2D eigenvalue weighted by atomic mass is 19.2. The normalized spacial score (nSPS) is 12.2. The number of rotatable bonds is 0. The third kappa shape index (κ3) is 1.03. The van der Waals surface area contributed by atoms with E-state index in [1.165, 1.54) is 10.6 Å². The molecule has 13 heavy (non-hydrogen) atoms. The van der Waals surface area contributed by atoms with E-state index in [0.717, 1.165) is 6.07 Å². The summed E-state index contributed by atoms with van der Waals surface area (Å²) in [6.07, 6.45) is 0.174. The maximum absolute atomic E-state index is 13.4. The summed E-state index contributed by atoms with van der Waals surface area (Å²) >= 11 is 0. The van der Waals surface area contributed by atoms with Crippen LogP contribution in [0.1, 0.15) is 6.93 Å². The molecule has 1 aromatic carbocycles. The molecule has 0 saturated heterocycles. The fourth-order valence-electron chi connectivity index (χ4n) is 1.49. The Balaban J connectivity index is 3.03. The van der Waals surface area contributed by atoms with E-state index in [-0.39, 0.29) is 11.7 Å². The van der Waals surface area contributed by atoms with Crippen LogP contribution in [0, 0.1) is 18.6 Å². The van der Waals surface area contributed by atoms with Gasteiger partial charge in [-0.1, -0.05) is 0 Å². The summed E-state index contributed by atoms with van der Waals surface area (Å²) in [6, 6.07) is 2.68. The zero-order valence-corrected chi connectivity index (χ0v) is 7.36. The van der Waals surface area contributed by atoms with Crippen molar-refractivity contribution in [3.63, 3.8) is 0 Å². The molecular formula is C10H9F2N. The van der Waals surface area contributed by atoms with E-state index in [2.05, 4.69) is 0 Å². The predicted molar refractivity (Wildman–Crippen MR) is 47.6 cm³/mol. The molecule has 0 spiro atoms. The Labute approximate surface area is 76.0 Å². The Kier molecular flexibility index (Phi) is 1.39. The zero-order valence-electron chi connectivity index (χ0n) is 8.36. The lowest BCUT2D eigenvalue weighted by atomic mass is 10.1. The molecule has 0 fully saturated rings. The van der Waals surface area contributed by atoms with Crippen LogP contribution in [0.2, 0.25) is 0 Å². The number of halogens is 2. The molecule has 0 amide bonds. The fourth-order valence-corrected chi connectivity index (χ4v) is 1.49. The van der Waals surface area contributed by atoms with Crippen LogP contribution >= 0.6 is 0 Å². The van der Waals surface area contributed by atoms with Gasteiger partial charge in [0.05, 0.1) is 6.89 Å². The Bertz CT molecular complexity index is 517. The van der Waals surface area contributed by atoms with Gasteiger partial charge in [0.15, 0.2) is 11.6 Å². The van der Waals surface area contributed by atoms with Gasteiger partial charge in [-0.3, -0.25) is 0 Å². The van der Waals surface area contributed by atoms with Crippen molar-refractivity contribution in [1.82, 2.24) is 4.57 Å². The van der Waals surface area contributed by atoms with E-state index in [1.807, 2.05) is 0 Å². The molecule has 0 N–H and O–H groups in total. The van der Waals surface area contributed by atoms with Gasteiger partial charge >= 0.3 is 0 Å². The molecule has 1 aromatic heterocycles. The lowest BCUT2D eigenvalue weighted by Gasteiger charge is -2.02. The molecule has 0 bridgehead atoms. The van der Waals surface area contributed by atoms with Crippen LogP contribution in [0.5, 0.6) is 0 Å². The minimum atomic E-state index is -0.883. The van der Waals surface area contributed by atoms with Crippen LogP contribution in [0.15, 0.2) is 18.3 Å². The van der Waals surface area contributed by atoms with Crippen molar-refractivity contribution >= 4 is 10.9 Å². The Morgan fingerprint density at radius 2 is 2.15 bits per heavy atom. The summed E-state index contributed by atoms with van der Waals surface area (Å²) in [7, 11) is 1.55. The van der Waals surface area contributed by atoms with E-state index in [1.54, 1.807) is 14.0 Å². The van der Waals surface area contributed by atoms with Crippen LogP contribution in [0.3, 0.4) is 0 Å². The molecular weight excluding hydrogens is 172 g/mol. The van der Waals surface area contributed by atoms with Crippen molar-refractivity contribution in [2.24, 2.45) is 7.05 Å². The summed E-state index contributed by atoms with van der Waals surface area (Å²) in [5, 5.41) is 0.594. The van der Waals surface area contributed by atoms with Crippen molar-refractivity contribution < 1.29 is 10.2 Å². The first-order valence-corrected chi connectivity index (χ1v) is 3.93. The number of fused-ring (bicyclic) bond motifs is 1. The Morgan fingerprint density at radius 1 is 1.46 bits per heavy atom. The van der Waals surface area contributed by atoms with Gasteiger partial charge in [0.25, 0.3) is 0 Å². The third-order valence-electron chi connectivity index (χ3n) is 2.18. The van der Waals surface area contributed by atoms with Crippen LogP contribution in [-0.2, 0) is 7.05 Å². The Hall–Kier alpha value is -1.38. The van der Waals surface area contributed by atoms with Crippen molar-refractivity contribution in [3.8, 4) is 0 Å². The maximum Gasteiger partial charge on any atom is 0.183 e. The summed E-state index contributed by atoms with van der Waals surface area (Å²) in [5.74, 6) is -1.75. The highest BCUT2D eigenvalue weighted by molar-refractivity contribution is 5.84. The second kappa shape index (κ2) is 2.55. The highest BCUT2D eigenvalue weighted by Gasteiger charge is 2.11. The van der Waals surface area contributed by atoms with E-state index in [9.17, 15) is 8.78 Å². The summed E-state index contributed by atoms with van der Waals surface area (Å²) in [4.78, 5) is 0. The van der Waals surface area contributed by atoms with Crippen LogP contribution in [0.4, 0.5) is 8.78 Å². The van der Waals surface area contributed by atoms with Crippen LogP contribution in [-0.4, -0.2) is 4.57 Å². The first-order chi connectivity index (χ1) is 6.52. The molecule has 0 unspecified atom stereocenters. The molecule has 2 aromatic rings. The minimum absolute atomic E-state index is 0.160. The lowest BCUT2D eigenvalue weighted by molar-refractivity contribution is 0.512. The average molecular weight is 182 g/mol. The van der Waals surface area contributed by atoms with Gasteiger partial charge in [0.2, 0.25) is 0 Å². The van der Waals surface area contributed by atoms with E-state index < -0.39 is 11.6 Å². The standard InChI is InChI=1S/C10H9F2N/c1-6-5-8(11)9(12)10-7(6)3-4-13(10)2/h3-5H,1-2H3/i4D. The molecule has 68 valence electrons. The quantitative estimate of drug-likeness (QED) is 0.590. The van der Waals surface area contributed by atoms with Crippen molar-refractivity contribution in [1.29, 1.82) is 0 Å². The molecule has 0 aliphatic rings. The molecule has 0 radical (unpaired) electrons. The van der Waals surface area contributed by atoms with Crippen molar-refractivity contribution in [2.45, 2.75) is 6.92 Å². The van der Waals surface area contributed by atoms with E-state index in [4.69, 9.17) is 1.37 Å². The first-order valence-electron chi connectivity index (χ1n) is 4.43. The lowest BCUT2D eigenvalue weighted by Crippen LogP contribution is -1.93. The number of aromatic nitrogens is 1. The van der Waals surface area contributed by atoms with E-state index in [0.29, 0.717) is 10.9 Å². The molecule has 2 rings (SSSR count). The van der Waals surface area contributed by atoms with Gasteiger partial charge in [0.1, 0.15) is 0 Å². The third-order valence-corrected chi connectivity index (χ3v) is 2.18. The molecule has 0 aliphatic carbocycles. The second-order valence-corrected chi connectivity index (χ2v) is 3.08. The monoisotopic (exact) mass is 182 g/mol. The molecule has 3 heteroatoms. The minimum Gasteiger partial charge on any atom is -0.348 e. The number of benzene rings is 1. The number of hydrogen-bond donors (Lipinski definition) is 0. The van der Waals surface area contributed by atoms with Gasteiger partial charge in [0, 0.05) is 18.6 Å². The molecule has 0 atom stereocenters. The Morgan fingerprint density at radius 3 is 2.85 bits per heavy atom. The molecule has 0 aliphatic heterocycles. The molecule has 1 nitrogen and oxygen atoms in total. The second-order valence-electron chi connectivity index (χ2n) is 3.08. The number of hydrogen-bond acceptors (Lipinski definition) is 0. The van der Waals surface area contributed by atoms with Gasteiger partial charge in [-0.2, -0.15) is 0 Å². The largest absolute Gasteiger partial charge is 0.348 e. The summed E-state index contributed by atoms with van der Waals surface area (Å²) in [5.41, 5.74) is 0.806. The summed E-state index contributed by atoms with van der Waals surface area (Å²) in [6.45, 7) is 1.70. The van der Waals surface area contributed by atoms with E-state index >= 15 is 0 Å². The average Bonchev–Trinajstić information content (AvgIpc) is 2.41. The predicted octanol–water partition coefficient (Wildman–Crippen LogP) is 2.76. The summed E-state index contributed by atoms with van der Waals surface area (Å²) < 4.78 is 35.2. The van der Waals surface area contributed by atoms with Gasteiger partial charge in [-0.05, 0) is 24.6 Å². The van der Waals surface area contributed by atoms with Gasteiger partial charge in [-0.25, -0.2) is 8.78 Å². The SMILES string of the molecule is [2H]c1cc2c(C)cc(F)c(F)c2n1C. The van der Waals surface area contributed by atoms with Gasteiger partial charge in [-0.15, -0.1) is 0 Å². The number of nitrogens with zero attached hydrogens (tertiary/aromatic N) is 1. The molecule has 0 saturated carbocycles. The number of aryl methyl sites for hydroxylation is 2. The first kappa shape index (κ1) is 7.06. The van der Waals surface area contributed by atoms with Gasteiger partial charge < -0.3 is 4.57 Å². The highest BCUT2D eigenvalue weighted by Crippen LogP contribution is 2.24. The topological polar surface area (TPSA) is 4.93 Å². The van der Waals surface area contributed by atoms with Crippen molar-refractivity contribution in [3.05, 3.63) is 35.5 Å².